The molecule has 0 saturated carbocycles. The topological polar surface area (TPSA) is 63.5 Å². The first kappa shape index (κ1) is 9.09. The van der Waals surface area contributed by atoms with Crippen LogP contribution in [-0.4, -0.2) is 11.5 Å². The van der Waals surface area contributed by atoms with Crippen molar-refractivity contribution in [2.45, 2.75) is 0 Å². The van der Waals surface area contributed by atoms with Crippen LogP contribution >= 0.6 is 0 Å². The van der Waals surface area contributed by atoms with Crippen molar-refractivity contribution in [2.75, 3.05) is 5.43 Å². The molecule has 0 bridgehead atoms. The van der Waals surface area contributed by atoms with Crippen molar-refractivity contribution in [1.82, 2.24) is 10.5 Å². The minimum atomic E-state index is 0.640. The quantitative estimate of drug-likeness (QED) is 0.751. The van der Waals surface area contributed by atoms with E-state index in [1.54, 1.807) is 36.0 Å². The van der Waals surface area contributed by atoms with E-state index in [9.17, 15) is 0 Å². The van der Waals surface area contributed by atoms with Gasteiger partial charge in [-0.1, -0.05) is 0 Å². The number of rotatable bonds is 2. The van der Waals surface area contributed by atoms with Gasteiger partial charge in [0.25, 0.3) is 0 Å². The second kappa shape index (κ2) is 4.15. The summed E-state index contributed by atoms with van der Waals surface area (Å²) in [4.78, 5) is 3.93. The van der Waals surface area contributed by atoms with E-state index in [2.05, 4.69) is 21.9 Å². The maximum Gasteiger partial charge on any atom is 0.133 e. The van der Waals surface area contributed by atoms with Gasteiger partial charge in [-0.2, -0.15) is 10.4 Å². The van der Waals surface area contributed by atoms with E-state index < -0.39 is 0 Å². The molecule has 0 spiro atoms. The molecule has 5 nitrogen and oxygen atoms in total. The van der Waals surface area contributed by atoms with E-state index in [1.165, 1.54) is 0 Å². The number of nitrogens with zero attached hydrogens (tertiary/aromatic N) is 3. The number of nitriles is 1. The van der Waals surface area contributed by atoms with E-state index in [0.29, 0.717) is 5.56 Å². The van der Waals surface area contributed by atoms with Crippen molar-refractivity contribution in [3.05, 3.63) is 42.2 Å². The van der Waals surface area contributed by atoms with Crippen LogP contribution in [0.1, 0.15) is 5.56 Å². The Labute approximate surface area is 87.3 Å². The molecule has 2 N–H and O–H groups in total. The van der Waals surface area contributed by atoms with Crippen LogP contribution in [0.25, 0.3) is 0 Å². The zero-order valence-corrected chi connectivity index (χ0v) is 7.88. The Bertz CT molecular complexity index is 426. The minimum absolute atomic E-state index is 0.640. The van der Waals surface area contributed by atoms with Crippen LogP contribution in [0.15, 0.2) is 41.7 Å². The molecular weight excluding hydrogens is 190 g/mol. The molecule has 15 heavy (non-hydrogen) atoms. The highest BCUT2D eigenvalue weighted by Crippen LogP contribution is 2.08. The molecule has 2 rings (SSSR count). The third-order valence-electron chi connectivity index (χ3n) is 1.82. The Morgan fingerprint density at radius 3 is 2.73 bits per heavy atom. The Morgan fingerprint density at radius 1 is 1.33 bits per heavy atom. The summed E-state index contributed by atoms with van der Waals surface area (Å²) >= 11 is 0. The predicted octanol–water partition coefficient (Wildman–Crippen LogP) is 1.20. The smallest absolute Gasteiger partial charge is 0.133 e. The Kier molecular flexibility index (Phi) is 2.52. The third-order valence-corrected chi connectivity index (χ3v) is 1.82. The van der Waals surface area contributed by atoms with Crippen molar-refractivity contribution >= 4 is 12.0 Å². The van der Waals surface area contributed by atoms with Crippen molar-refractivity contribution in [3.63, 3.8) is 0 Å². The van der Waals surface area contributed by atoms with Gasteiger partial charge in [0.2, 0.25) is 0 Å². The van der Waals surface area contributed by atoms with Crippen LogP contribution in [0.3, 0.4) is 0 Å². The SMILES string of the molecule is N#Cc1ccc(NN2C=NC=CN2)cc1. The number of aliphatic imine (C=N–C) groups is 1. The lowest BCUT2D eigenvalue weighted by Crippen LogP contribution is -2.39. The molecule has 0 unspecified atom stereocenters. The van der Waals surface area contributed by atoms with Gasteiger partial charge in [-0.25, -0.2) is 4.99 Å². The zero-order chi connectivity index (χ0) is 10.5. The van der Waals surface area contributed by atoms with Crippen LogP contribution in [0.2, 0.25) is 0 Å². The molecule has 74 valence electrons. The van der Waals surface area contributed by atoms with Crippen molar-refractivity contribution in [1.29, 1.82) is 5.26 Å². The number of hydrazine groups is 2. The normalized spacial score (nSPS) is 13.1. The van der Waals surface area contributed by atoms with Gasteiger partial charge in [-0.15, -0.1) is 0 Å². The first-order valence-corrected chi connectivity index (χ1v) is 4.39. The van der Waals surface area contributed by atoms with Crippen LogP contribution in [0.4, 0.5) is 5.69 Å². The van der Waals surface area contributed by atoms with Gasteiger partial charge < -0.3 is 0 Å². The van der Waals surface area contributed by atoms with Crippen LogP contribution in [0, 0.1) is 11.3 Å². The third kappa shape index (κ3) is 2.25. The number of nitrogens with one attached hydrogen (secondary N) is 2. The van der Waals surface area contributed by atoms with Gasteiger partial charge in [-0.05, 0) is 24.3 Å². The van der Waals surface area contributed by atoms with Crippen molar-refractivity contribution in [3.8, 4) is 6.07 Å². The summed E-state index contributed by atoms with van der Waals surface area (Å²) in [7, 11) is 0. The molecular formula is C10H9N5. The van der Waals surface area contributed by atoms with E-state index in [-0.39, 0.29) is 0 Å². The van der Waals surface area contributed by atoms with E-state index in [4.69, 9.17) is 5.26 Å². The van der Waals surface area contributed by atoms with Crippen molar-refractivity contribution in [2.24, 2.45) is 4.99 Å². The lowest BCUT2D eigenvalue weighted by atomic mass is 10.2. The molecule has 1 aliphatic heterocycles. The summed E-state index contributed by atoms with van der Waals surface area (Å²) in [5.74, 6) is 0. The molecule has 0 aromatic heterocycles. The van der Waals surface area contributed by atoms with Gasteiger partial charge in [0.05, 0.1) is 17.3 Å². The average molecular weight is 199 g/mol. The van der Waals surface area contributed by atoms with Crippen molar-refractivity contribution < 1.29 is 0 Å². The maximum absolute atomic E-state index is 8.63. The molecule has 0 amide bonds. The zero-order valence-electron chi connectivity index (χ0n) is 7.88. The second-order valence-electron chi connectivity index (χ2n) is 2.88. The van der Waals surface area contributed by atoms with E-state index in [0.717, 1.165) is 5.69 Å². The van der Waals surface area contributed by atoms with Crippen LogP contribution < -0.4 is 10.9 Å². The summed E-state index contributed by atoms with van der Waals surface area (Å²) in [6.45, 7) is 0. The highest BCUT2D eigenvalue weighted by molar-refractivity contribution is 5.60. The maximum atomic E-state index is 8.63. The molecule has 1 heterocycles. The van der Waals surface area contributed by atoms with Gasteiger partial charge in [0.1, 0.15) is 6.34 Å². The lowest BCUT2D eigenvalue weighted by molar-refractivity contribution is 0.433. The van der Waals surface area contributed by atoms with E-state index in [1.807, 2.05) is 12.1 Å². The standard InChI is InChI=1S/C10H9N5/c11-7-9-1-3-10(4-2-9)14-15-8-12-5-6-13-15/h1-6,8,13-14H. The Hall–Kier alpha value is -2.48. The fourth-order valence-corrected chi connectivity index (χ4v) is 1.11. The summed E-state index contributed by atoms with van der Waals surface area (Å²) in [6.07, 6.45) is 4.96. The molecule has 0 fully saturated rings. The van der Waals surface area contributed by atoms with Gasteiger partial charge >= 0.3 is 0 Å². The van der Waals surface area contributed by atoms with Crippen LogP contribution in [-0.2, 0) is 0 Å². The molecule has 0 saturated heterocycles. The molecule has 0 atom stereocenters. The molecule has 1 aromatic rings. The monoisotopic (exact) mass is 199 g/mol. The van der Waals surface area contributed by atoms with E-state index >= 15 is 0 Å². The number of benzene rings is 1. The first-order chi connectivity index (χ1) is 7.38. The summed E-state index contributed by atoms with van der Waals surface area (Å²) in [6, 6.07) is 9.21. The highest BCUT2D eigenvalue weighted by atomic mass is 15.7. The van der Waals surface area contributed by atoms with Gasteiger partial charge in [0, 0.05) is 12.4 Å². The molecule has 1 aromatic carbocycles. The fourth-order valence-electron chi connectivity index (χ4n) is 1.11. The largest absolute Gasteiger partial charge is 0.285 e. The van der Waals surface area contributed by atoms with Gasteiger partial charge in [0.15, 0.2) is 0 Å². The molecule has 1 aliphatic rings. The molecule has 0 radical (unpaired) electrons. The van der Waals surface area contributed by atoms with Gasteiger partial charge in [-0.3, -0.25) is 10.9 Å². The summed E-state index contributed by atoms with van der Waals surface area (Å²) < 4.78 is 0. The molecule has 0 aliphatic carbocycles. The fraction of sp³-hybridized carbons (Fsp3) is 0. The summed E-state index contributed by atoms with van der Waals surface area (Å²) in [5, 5.41) is 10.2. The molecule has 5 heteroatoms. The predicted molar refractivity (Wildman–Crippen MR) is 57.4 cm³/mol. The first-order valence-electron chi connectivity index (χ1n) is 4.39. The lowest BCUT2D eigenvalue weighted by Gasteiger charge is -2.22. The second-order valence-corrected chi connectivity index (χ2v) is 2.88. The summed E-state index contributed by atoms with van der Waals surface area (Å²) in [5.41, 5.74) is 7.49. The Balaban J connectivity index is 2.02. The Morgan fingerprint density at radius 2 is 2.13 bits per heavy atom. The number of hydrogen-bond acceptors (Lipinski definition) is 5. The minimum Gasteiger partial charge on any atom is -0.285 e. The highest BCUT2D eigenvalue weighted by Gasteiger charge is 1.99. The number of hydrogen-bond donors (Lipinski definition) is 2. The number of anilines is 1. The van der Waals surface area contributed by atoms with Crippen LogP contribution in [0.5, 0.6) is 0 Å². The average Bonchev–Trinajstić information content (AvgIpc) is 2.31.